The van der Waals surface area contributed by atoms with Gasteiger partial charge in [0.1, 0.15) is 6.04 Å². The summed E-state index contributed by atoms with van der Waals surface area (Å²) in [6.45, 7) is 3.58. The molecule has 1 rings (SSSR count). The van der Waals surface area contributed by atoms with Crippen molar-refractivity contribution < 1.29 is 14.7 Å². The quantitative estimate of drug-likeness (QED) is 0.876. The van der Waals surface area contributed by atoms with Gasteiger partial charge in [-0.3, -0.25) is 4.79 Å². The molecule has 16 heavy (non-hydrogen) atoms. The summed E-state index contributed by atoms with van der Waals surface area (Å²) in [6.07, 6.45) is 0. The first-order valence-corrected chi connectivity index (χ1v) is 5.86. The summed E-state index contributed by atoms with van der Waals surface area (Å²) in [4.78, 5) is 24.8. The van der Waals surface area contributed by atoms with Crippen LogP contribution in [0.15, 0.2) is 17.5 Å². The Morgan fingerprint density at radius 1 is 1.44 bits per heavy atom. The molecule has 1 heterocycles. The van der Waals surface area contributed by atoms with Gasteiger partial charge in [-0.25, -0.2) is 4.79 Å². The fourth-order valence-corrected chi connectivity index (χ4v) is 2.30. The first-order valence-electron chi connectivity index (χ1n) is 4.98. The van der Waals surface area contributed by atoms with Gasteiger partial charge in [-0.2, -0.15) is 0 Å². The van der Waals surface area contributed by atoms with E-state index in [9.17, 15) is 9.59 Å². The van der Waals surface area contributed by atoms with Gasteiger partial charge in [-0.15, -0.1) is 11.3 Å². The third-order valence-corrected chi connectivity index (χ3v) is 3.21. The summed E-state index contributed by atoms with van der Waals surface area (Å²) >= 11 is 1.32. The number of carbonyl (C=O) groups excluding carboxylic acids is 1. The van der Waals surface area contributed by atoms with Crippen molar-refractivity contribution in [3.05, 3.63) is 22.4 Å². The van der Waals surface area contributed by atoms with Gasteiger partial charge in [0.15, 0.2) is 0 Å². The molecule has 1 atom stereocenters. The number of amides is 1. The average molecular weight is 241 g/mol. The Kier molecular flexibility index (Phi) is 4.06. The van der Waals surface area contributed by atoms with Gasteiger partial charge >= 0.3 is 5.97 Å². The predicted molar refractivity (Wildman–Crippen MR) is 62.7 cm³/mol. The summed E-state index contributed by atoms with van der Waals surface area (Å²) in [5.74, 6) is -1.33. The zero-order chi connectivity index (χ0) is 12.3. The minimum absolute atomic E-state index is 0.119. The van der Waals surface area contributed by atoms with Gasteiger partial charge < -0.3 is 10.0 Å². The van der Waals surface area contributed by atoms with E-state index >= 15 is 0 Å². The van der Waals surface area contributed by atoms with Crippen molar-refractivity contribution in [3.63, 3.8) is 0 Å². The summed E-state index contributed by atoms with van der Waals surface area (Å²) in [5.41, 5.74) is 0. The lowest BCUT2D eigenvalue weighted by Gasteiger charge is -2.27. The van der Waals surface area contributed by atoms with Crippen LogP contribution < -0.4 is 0 Å². The molecular formula is C11H15NO3S. The first kappa shape index (κ1) is 12.7. The van der Waals surface area contributed by atoms with Crippen molar-refractivity contribution in [1.82, 2.24) is 4.90 Å². The van der Waals surface area contributed by atoms with E-state index in [1.807, 2.05) is 0 Å². The number of likely N-dealkylation sites (N-methyl/N-ethyl adjacent to an activating group) is 1. The number of nitrogens with zero attached hydrogens (tertiary/aromatic N) is 1. The zero-order valence-corrected chi connectivity index (χ0v) is 10.3. The maximum Gasteiger partial charge on any atom is 0.326 e. The third kappa shape index (κ3) is 2.61. The van der Waals surface area contributed by atoms with E-state index in [-0.39, 0.29) is 11.8 Å². The Hall–Kier alpha value is -1.36. The highest BCUT2D eigenvalue weighted by Crippen LogP contribution is 2.16. The molecular weight excluding hydrogens is 226 g/mol. The number of thiophene rings is 1. The van der Waals surface area contributed by atoms with Gasteiger partial charge in [0.05, 0.1) is 4.88 Å². The summed E-state index contributed by atoms with van der Waals surface area (Å²) in [6, 6.07) is 2.69. The summed E-state index contributed by atoms with van der Waals surface area (Å²) in [7, 11) is 1.53. The Balaban J connectivity index is 2.87. The molecule has 1 amide bonds. The predicted octanol–water partition coefficient (Wildman–Crippen LogP) is 1.93. The molecule has 0 spiro atoms. The highest BCUT2D eigenvalue weighted by Gasteiger charge is 2.30. The second kappa shape index (κ2) is 5.12. The highest BCUT2D eigenvalue weighted by molar-refractivity contribution is 7.12. The van der Waals surface area contributed by atoms with Gasteiger partial charge in [0.25, 0.3) is 5.91 Å². The molecule has 1 aromatic rings. The van der Waals surface area contributed by atoms with Crippen LogP contribution in [0.2, 0.25) is 0 Å². The molecule has 1 aromatic heterocycles. The van der Waals surface area contributed by atoms with Crippen LogP contribution in [0.4, 0.5) is 0 Å². The Bertz CT molecular complexity index is 373. The lowest BCUT2D eigenvalue weighted by molar-refractivity contribution is -0.143. The van der Waals surface area contributed by atoms with Crippen LogP contribution in [-0.2, 0) is 4.79 Å². The monoisotopic (exact) mass is 241 g/mol. The second-order valence-electron chi connectivity index (χ2n) is 3.92. The van der Waals surface area contributed by atoms with Crippen LogP contribution in [0.1, 0.15) is 23.5 Å². The van der Waals surface area contributed by atoms with E-state index in [0.29, 0.717) is 4.88 Å². The average Bonchev–Trinajstić information content (AvgIpc) is 2.67. The second-order valence-corrected chi connectivity index (χ2v) is 4.87. The van der Waals surface area contributed by atoms with Crippen LogP contribution in [-0.4, -0.2) is 35.0 Å². The normalized spacial score (nSPS) is 12.5. The Morgan fingerprint density at radius 3 is 2.44 bits per heavy atom. The molecule has 0 bridgehead atoms. The molecule has 0 aromatic carbocycles. The SMILES string of the molecule is CC(C)C(C(=O)O)N(C)C(=O)c1cccs1. The molecule has 4 nitrogen and oxygen atoms in total. The Labute approximate surface area is 98.5 Å². The van der Waals surface area contributed by atoms with Crippen molar-refractivity contribution >= 4 is 23.2 Å². The number of carboxylic acids is 1. The molecule has 88 valence electrons. The molecule has 1 unspecified atom stereocenters. The fourth-order valence-electron chi connectivity index (χ4n) is 1.60. The first-order chi connectivity index (χ1) is 7.45. The lowest BCUT2D eigenvalue weighted by atomic mass is 10.0. The van der Waals surface area contributed by atoms with Crippen molar-refractivity contribution in [2.75, 3.05) is 7.05 Å². The standard InChI is InChI=1S/C11H15NO3S/c1-7(2)9(11(14)15)12(3)10(13)8-5-4-6-16-8/h4-7,9H,1-3H3,(H,14,15). The molecule has 0 saturated carbocycles. The minimum Gasteiger partial charge on any atom is -0.480 e. The maximum atomic E-state index is 11.9. The fraction of sp³-hybridized carbons (Fsp3) is 0.455. The van der Waals surface area contributed by atoms with Crippen LogP contribution >= 0.6 is 11.3 Å². The van der Waals surface area contributed by atoms with Crippen LogP contribution in [0.25, 0.3) is 0 Å². The smallest absolute Gasteiger partial charge is 0.326 e. The van der Waals surface area contributed by atoms with Gasteiger partial charge in [0.2, 0.25) is 0 Å². The zero-order valence-electron chi connectivity index (χ0n) is 9.51. The molecule has 5 heteroatoms. The van der Waals surface area contributed by atoms with E-state index in [4.69, 9.17) is 5.11 Å². The number of hydrogen-bond donors (Lipinski definition) is 1. The molecule has 0 radical (unpaired) electrons. The number of rotatable bonds is 4. The molecule has 0 aliphatic rings. The largest absolute Gasteiger partial charge is 0.480 e. The van der Waals surface area contributed by atoms with Crippen LogP contribution in [0.5, 0.6) is 0 Å². The number of carboxylic acid groups (broad SMARTS) is 1. The van der Waals surface area contributed by atoms with E-state index in [2.05, 4.69) is 0 Å². The van der Waals surface area contributed by atoms with Crippen LogP contribution in [0, 0.1) is 5.92 Å². The third-order valence-electron chi connectivity index (χ3n) is 2.35. The molecule has 0 fully saturated rings. The number of hydrogen-bond acceptors (Lipinski definition) is 3. The highest BCUT2D eigenvalue weighted by atomic mass is 32.1. The summed E-state index contributed by atoms with van der Waals surface area (Å²) in [5, 5.41) is 10.9. The van der Waals surface area contributed by atoms with Crippen molar-refractivity contribution in [3.8, 4) is 0 Å². The van der Waals surface area contributed by atoms with Gasteiger partial charge in [-0.05, 0) is 17.4 Å². The molecule has 0 aliphatic heterocycles. The lowest BCUT2D eigenvalue weighted by Crippen LogP contribution is -2.45. The molecule has 0 aliphatic carbocycles. The topological polar surface area (TPSA) is 57.6 Å². The van der Waals surface area contributed by atoms with Crippen molar-refractivity contribution in [1.29, 1.82) is 0 Å². The van der Waals surface area contributed by atoms with Crippen LogP contribution in [0.3, 0.4) is 0 Å². The van der Waals surface area contributed by atoms with E-state index < -0.39 is 12.0 Å². The number of carbonyl (C=O) groups is 2. The van der Waals surface area contributed by atoms with E-state index in [1.165, 1.54) is 23.3 Å². The van der Waals surface area contributed by atoms with Crippen molar-refractivity contribution in [2.45, 2.75) is 19.9 Å². The molecule has 1 N–H and O–H groups in total. The van der Waals surface area contributed by atoms with E-state index in [1.54, 1.807) is 31.4 Å². The molecule has 0 saturated heterocycles. The van der Waals surface area contributed by atoms with Crippen molar-refractivity contribution in [2.24, 2.45) is 5.92 Å². The maximum absolute atomic E-state index is 11.9. The van der Waals surface area contributed by atoms with Gasteiger partial charge in [-0.1, -0.05) is 19.9 Å². The summed E-state index contributed by atoms with van der Waals surface area (Å²) < 4.78 is 0. The van der Waals surface area contributed by atoms with Gasteiger partial charge in [0, 0.05) is 7.05 Å². The van der Waals surface area contributed by atoms with E-state index in [0.717, 1.165) is 0 Å². The minimum atomic E-state index is -0.970. The Morgan fingerprint density at radius 2 is 2.06 bits per heavy atom. The number of aliphatic carboxylic acids is 1.